The molecule has 1 N–H and O–H groups in total. The molecule has 0 saturated carbocycles. The second-order valence-corrected chi connectivity index (χ2v) is 4.02. The summed E-state index contributed by atoms with van der Waals surface area (Å²) in [5.74, 6) is 0. The monoisotopic (exact) mass is 184 g/mol. The van der Waals surface area contributed by atoms with Crippen molar-refractivity contribution in [1.82, 2.24) is 0 Å². The Kier molecular flexibility index (Phi) is 3.43. The Bertz CT molecular complexity index is 209. The Morgan fingerprint density at radius 3 is 2.18 bits per heavy atom. The van der Waals surface area contributed by atoms with Crippen molar-refractivity contribution >= 4 is 10.4 Å². The Labute approximate surface area is 67.1 Å². The number of rotatable bonds is 4. The second-order valence-electron chi connectivity index (χ2n) is 2.93. The third-order valence-corrected chi connectivity index (χ3v) is 1.81. The predicted octanol–water partition coefficient (Wildman–Crippen LogP) is -0.140. The zero-order valence-electron chi connectivity index (χ0n) is 6.94. The van der Waals surface area contributed by atoms with Gasteiger partial charge in [0, 0.05) is 0 Å². The maximum Gasteiger partial charge on any atom is 0.401 e. The third kappa shape index (κ3) is 6.24. The summed E-state index contributed by atoms with van der Waals surface area (Å²) in [6.07, 6.45) is 0. The molecule has 0 aromatic heterocycles. The van der Waals surface area contributed by atoms with Gasteiger partial charge >= 0.3 is 10.4 Å². The van der Waals surface area contributed by atoms with Gasteiger partial charge in [-0.2, -0.15) is 12.6 Å². The van der Waals surface area contributed by atoms with E-state index >= 15 is 0 Å². The lowest BCUT2D eigenvalue weighted by molar-refractivity contribution is -0.904. The van der Waals surface area contributed by atoms with Crippen LogP contribution in [-0.2, 0) is 14.6 Å². The van der Waals surface area contributed by atoms with Crippen molar-refractivity contribution in [3.8, 4) is 0 Å². The first-order chi connectivity index (χ1) is 4.77. The summed E-state index contributed by atoms with van der Waals surface area (Å²) in [7, 11) is -0.689. The van der Waals surface area contributed by atoms with Crippen LogP contribution in [0.2, 0.25) is 0 Å². The fraction of sp³-hybridized carbons (Fsp3) is 1.00. The van der Waals surface area contributed by atoms with Crippen LogP contribution in [0.15, 0.2) is 0 Å². The lowest BCUT2D eigenvalue weighted by Gasteiger charge is -2.26. The fourth-order valence-electron chi connectivity index (χ4n) is 0.301. The van der Waals surface area contributed by atoms with Gasteiger partial charge in [-0.15, -0.1) is 0 Å². The SMILES string of the molecule is CC[N+](C)(C)COS(=O)(=O)O. The molecule has 0 saturated heterocycles. The maximum atomic E-state index is 10.1. The smallest absolute Gasteiger partial charge is 0.305 e. The number of hydrogen-bond donors (Lipinski definition) is 1. The predicted molar refractivity (Wildman–Crippen MR) is 40.2 cm³/mol. The van der Waals surface area contributed by atoms with E-state index in [0.717, 1.165) is 6.54 Å². The second kappa shape index (κ2) is 3.48. The van der Waals surface area contributed by atoms with E-state index in [2.05, 4.69) is 4.18 Å². The van der Waals surface area contributed by atoms with E-state index in [4.69, 9.17) is 4.55 Å². The Balaban J connectivity index is 3.90. The van der Waals surface area contributed by atoms with Gasteiger partial charge in [-0.25, -0.2) is 0 Å². The van der Waals surface area contributed by atoms with Crippen LogP contribution in [0, 0.1) is 0 Å². The van der Waals surface area contributed by atoms with E-state index in [1.165, 1.54) is 0 Å². The van der Waals surface area contributed by atoms with Crippen LogP contribution < -0.4 is 0 Å². The molecule has 0 spiro atoms. The Morgan fingerprint density at radius 2 is 1.91 bits per heavy atom. The van der Waals surface area contributed by atoms with Gasteiger partial charge in [0.1, 0.15) is 0 Å². The van der Waals surface area contributed by atoms with Gasteiger partial charge in [0.05, 0.1) is 20.6 Å². The number of nitrogens with zero attached hydrogens (tertiary/aromatic N) is 1. The first-order valence-corrected chi connectivity index (χ1v) is 4.57. The molecule has 0 heterocycles. The van der Waals surface area contributed by atoms with Crippen LogP contribution in [0.25, 0.3) is 0 Å². The van der Waals surface area contributed by atoms with Gasteiger partial charge < -0.3 is 4.48 Å². The van der Waals surface area contributed by atoms with Gasteiger partial charge in [-0.3, -0.25) is 4.55 Å². The minimum Gasteiger partial charge on any atom is -0.305 e. The summed E-state index contributed by atoms with van der Waals surface area (Å²) >= 11 is 0. The van der Waals surface area contributed by atoms with Crippen molar-refractivity contribution in [1.29, 1.82) is 0 Å². The van der Waals surface area contributed by atoms with Gasteiger partial charge in [-0.05, 0) is 6.92 Å². The largest absolute Gasteiger partial charge is 0.401 e. The highest BCUT2D eigenvalue weighted by Gasteiger charge is 2.16. The van der Waals surface area contributed by atoms with Crippen LogP contribution in [0.1, 0.15) is 6.92 Å². The molecule has 11 heavy (non-hydrogen) atoms. The number of quaternary nitrogens is 1. The van der Waals surface area contributed by atoms with Crippen molar-refractivity contribution in [2.45, 2.75) is 6.92 Å². The van der Waals surface area contributed by atoms with E-state index in [9.17, 15) is 8.42 Å². The van der Waals surface area contributed by atoms with Gasteiger partial charge in [0.25, 0.3) is 0 Å². The van der Waals surface area contributed by atoms with Crippen molar-refractivity contribution in [3.63, 3.8) is 0 Å². The lowest BCUT2D eigenvalue weighted by atomic mass is 10.6. The molecular formula is C5H14NO4S+. The maximum absolute atomic E-state index is 10.1. The van der Waals surface area contributed by atoms with Crippen molar-refractivity contribution in [3.05, 3.63) is 0 Å². The minimum absolute atomic E-state index is 0.0463. The van der Waals surface area contributed by atoms with Crippen molar-refractivity contribution in [2.75, 3.05) is 27.4 Å². The Morgan fingerprint density at radius 1 is 1.45 bits per heavy atom. The van der Waals surface area contributed by atoms with Crippen LogP contribution >= 0.6 is 0 Å². The zero-order chi connectivity index (χ0) is 9.12. The highest BCUT2D eigenvalue weighted by atomic mass is 32.3. The molecule has 0 unspecified atom stereocenters. The molecule has 0 rings (SSSR count). The molecule has 0 atom stereocenters. The van der Waals surface area contributed by atoms with Gasteiger partial charge in [0.15, 0.2) is 0 Å². The molecule has 0 aliphatic carbocycles. The summed E-state index contributed by atoms with van der Waals surface area (Å²) in [5, 5.41) is 0. The molecule has 0 fully saturated rings. The Hall–Kier alpha value is -0.170. The molecule has 0 aromatic rings. The summed E-state index contributed by atoms with van der Waals surface area (Å²) < 4.78 is 33.0. The molecule has 0 aliphatic heterocycles. The number of hydrogen-bond acceptors (Lipinski definition) is 3. The van der Waals surface area contributed by atoms with Crippen LogP contribution in [0.3, 0.4) is 0 Å². The quantitative estimate of drug-likeness (QED) is 0.375. The summed E-state index contributed by atoms with van der Waals surface area (Å²) in [5.41, 5.74) is 0. The van der Waals surface area contributed by atoms with E-state index in [1.54, 1.807) is 14.1 Å². The van der Waals surface area contributed by atoms with Gasteiger partial charge in [0.2, 0.25) is 6.73 Å². The highest BCUT2D eigenvalue weighted by molar-refractivity contribution is 7.80. The van der Waals surface area contributed by atoms with Crippen LogP contribution in [-0.4, -0.2) is 44.8 Å². The van der Waals surface area contributed by atoms with Gasteiger partial charge in [-0.1, -0.05) is 0 Å². The van der Waals surface area contributed by atoms with E-state index in [0.29, 0.717) is 4.48 Å². The molecule has 0 radical (unpaired) electrons. The molecule has 0 aromatic carbocycles. The topological polar surface area (TPSA) is 63.6 Å². The normalized spacial score (nSPS) is 13.5. The van der Waals surface area contributed by atoms with E-state index in [-0.39, 0.29) is 6.73 Å². The molecule has 68 valence electrons. The molecule has 0 amide bonds. The molecule has 0 aliphatic rings. The molecular weight excluding hydrogens is 170 g/mol. The van der Waals surface area contributed by atoms with Crippen molar-refractivity contribution < 1.29 is 21.6 Å². The van der Waals surface area contributed by atoms with Crippen LogP contribution in [0.5, 0.6) is 0 Å². The molecule has 6 heteroatoms. The molecule has 5 nitrogen and oxygen atoms in total. The fourth-order valence-corrected chi connectivity index (χ4v) is 0.719. The lowest BCUT2D eigenvalue weighted by Crippen LogP contribution is -2.41. The average molecular weight is 184 g/mol. The minimum atomic E-state index is -4.28. The third-order valence-electron chi connectivity index (χ3n) is 1.41. The van der Waals surface area contributed by atoms with E-state index < -0.39 is 10.4 Å². The summed E-state index contributed by atoms with van der Waals surface area (Å²) in [6, 6.07) is 0. The molecule has 0 bridgehead atoms. The van der Waals surface area contributed by atoms with Crippen molar-refractivity contribution in [2.24, 2.45) is 0 Å². The summed E-state index contributed by atoms with van der Waals surface area (Å²) in [4.78, 5) is 0. The van der Waals surface area contributed by atoms with E-state index in [1.807, 2.05) is 6.92 Å². The zero-order valence-corrected chi connectivity index (χ0v) is 7.76. The standard InChI is InChI=1S/C5H13NO4S/c1-4-6(2,3)5-10-11(7,8)9/h4-5H2,1-3H3/p+1. The highest BCUT2D eigenvalue weighted by Crippen LogP contribution is 1.98. The first-order valence-electron chi connectivity index (χ1n) is 3.21. The average Bonchev–Trinajstić information content (AvgIpc) is 1.83. The first kappa shape index (κ1) is 10.8. The van der Waals surface area contributed by atoms with Crippen LogP contribution in [0.4, 0.5) is 0 Å². The summed E-state index contributed by atoms with van der Waals surface area (Å²) in [6.45, 7) is 2.58.